The maximum absolute atomic E-state index is 12.4. The van der Waals surface area contributed by atoms with Crippen molar-refractivity contribution in [1.29, 1.82) is 0 Å². The Kier molecular flexibility index (Phi) is 5.32. The number of ether oxygens (including phenoxy) is 1. The molecule has 5 heteroatoms. The number of methoxy groups -OCH3 is 1. The van der Waals surface area contributed by atoms with Crippen molar-refractivity contribution in [1.82, 2.24) is 0 Å². The van der Waals surface area contributed by atoms with Crippen molar-refractivity contribution in [3.05, 3.63) is 0 Å². The lowest BCUT2D eigenvalue weighted by Gasteiger charge is -2.41. The molecule has 78 valence electrons. The van der Waals surface area contributed by atoms with E-state index in [-0.39, 0.29) is 6.42 Å². The maximum Gasteiger partial charge on any atom is 0.305 e. The average molecular weight is 209 g/mol. The Morgan fingerprint density at radius 2 is 2.31 bits per heavy atom. The van der Waals surface area contributed by atoms with Crippen LogP contribution in [0.1, 0.15) is 13.3 Å². The van der Waals surface area contributed by atoms with E-state index in [2.05, 4.69) is 4.74 Å². The molecule has 0 aliphatic carbocycles. The molecular formula is C8H14FO3S-. The monoisotopic (exact) mass is 209 g/mol. The largest absolute Gasteiger partial charge is 0.839 e. The van der Waals surface area contributed by atoms with E-state index < -0.39 is 23.5 Å². The molecule has 0 saturated carbocycles. The van der Waals surface area contributed by atoms with Crippen LogP contribution >= 0.6 is 11.8 Å². The van der Waals surface area contributed by atoms with E-state index >= 15 is 0 Å². The van der Waals surface area contributed by atoms with Crippen LogP contribution in [0.2, 0.25) is 0 Å². The molecule has 3 nitrogen and oxygen atoms in total. The van der Waals surface area contributed by atoms with Crippen molar-refractivity contribution in [2.24, 2.45) is 5.92 Å². The van der Waals surface area contributed by atoms with Gasteiger partial charge < -0.3 is 9.84 Å². The highest BCUT2D eigenvalue weighted by Crippen LogP contribution is 2.28. The molecule has 0 aromatic rings. The third kappa shape index (κ3) is 3.52. The summed E-state index contributed by atoms with van der Waals surface area (Å²) in [4.78, 5) is 9.08. The van der Waals surface area contributed by atoms with Gasteiger partial charge in [-0.3, -0.25) is 9.18 Å². The molecule has 0 radical (unpaired) electrons. The third-order valence-electron chi connectivity index (χ3n) is 1.98. The number of esters is 1. The molecule has 2 unspecified atom stereocenters. The van der Waals surface area contributed by atoms with Crippen LogP contribution in [0.4, 0.5) is 4.39 Å². The molecule has 0 N–H and O–H groups in total. The first-order chi connectivity index (χ1) is 6.00. The Labute approximate surface area is 81.7 Å². The molecule has 0 aromatic heterocycles. The minimum absolute atomic E-state index is 0.0369. The lowest BCUT2D eigenvalue weighted by Crippen LogP contribution is -2.49. The number of halogens is 1. The van der Waals surface area contributed by atoms with Gasteiger partial charge in [-0.15, -0.1) is 0 Å². The minimum atomic E-state index is -1.73. The van der Waals surface area contributed by atoms with Gasteiger partial charge in [0.15, 0.2) is 0 Å². The fourth-order valence-electron chi connectivity index (χ4n) is 0.876. The zero-order chi connectivity index (χ0) is 10.5. The molecule has 0 aliphatic rings. The third-order valence-corrected chi connectivity index (χ3v) is 3.19. The van der Waals surface area contributed by atoms with Gasteiger partial charge in [0.05, 0.1) is 13.8 Å². The lowest BCUT2D eigenvalue weighted by atomic mass is 10.0. The molecule has 2 atom stereocenters. The summed E-state index contributed by atoms with van der Waals surface area (Å²) >= 11 is 0.894. The molecule has 0 amide bonds. The summed E-state index contributed by atoms with van der Waals surface area (Å²) in [5.41, 5.74) is 0. The quantitative estimate of drug-likeness (QED) is 0.491. The molecule has 0 spiro atoms. The van der Waals surface area contributed by atoms with Gasteiger partial charge >= 0.3 is 5.97 Å². The number of carbonyl (C=O) groups is 1. The first kappa shape index (κ1) is 12.7. The number of alkyl halides is 1. The van der Waals surface area contributed by atoms with Gasteiger partial charge in [-0.1, -0.05) is 6.92 Å². The van der Waals surface area contributed by atoms with E-state index in [1.54, 1.807) is 13.2 Å². The Balaban J connectivity index is 4.21. The van der Waals surface area contributed by atoms with Crippen molar-refractivity contribution in [3.8, 4) is 0 Å². The van der Waals surface area contributed by atoms with Crippen molar-refractivity contribution < 1.29 is 19.0 Å². The van der Waals surface area contributed by atoms with Crippen molar-refractivity contribution in [2.75, 3.05) is 20.0 Å². The second kappa shape index (κ2) is 5.44. The number of rotatable bonds is 5. The number of thioether (sulfide) groups is 1. The van der Waals surface area contributed by atoms with E-state index in [0.717, 1.165) is 11.8 Å². The molecule has 0 heterocycles. The molecule has 0 saturated heterocycles. The summed E-state index contributed by atoms with van der Waals surface area (Å²) in [7, 11) is 1.25. The second-order valence-corrected chi connectivity index (χ2v) is 3.93. The lowest BCUT2D eigenvalue weighted by molar-refractivity contribution is -0.453. The standard InChI is InChI=1S/C8H14FO3S/c1-6(4-7(10)12-2)8(11,5-9)13-3/h6H,4-5H2,1-3H3/q-1. The van der Waals surface area contributed by atoms with Crippen LogP contribution in [-0.4, -0.2) is 30.9 Å². The number of carbonyl (C=O) groups excluding carboxylic acids is 1. The van der Waals surface area contributed by atoms with Gasteiger partial charge in [0.1, 0.15) is 0 Å². The smallest absolute Gasteiger partial charge is 0.305 e. The second-order valence-electron chi connectivity index (χ2n) is 2.83. The van der Waals surface area contributed by atoms with Crippen LogP contribution in [0, 0.1) is 5.92 Å². The maximum atomic E-state index is 12.4. The summed E-state index contributed by atoms with van der Waals surface area (Å²) in [5, 5.41) is 11.6. The topological polar surface area (TPSA) is 49.4 Å². The van der Waals surface area contributed by atoms with Gasteiger partial charge in [-0.25, -0.2) is 0 Å². The predicted molar refractivity (Wildman–Crippen MR) is 48.0 cm³/mol. The first-order valence-electron chi connectivity index (χ1n) is 3.88. The molecule has 0 bridgehead atoms. The van der Waals surface area contributed by atoms with E-state index in [1.807, 2.05) is 0 Å². The highest BCUT2D eigenvalue weighted by Gasteiger charge is 2.25. The zero-order valence-electron chi connectivity index (χ0n) is 8.00. The highest BCUT2D eigenvalue weighted by atomic mass is 32.2. The van der Waals surface area contributed by atoms with Gasteiger partial charge in [0.2, 0.25) is 0 Å². The molecule has 0 fully saturated rings. The van der Waals surface area contributed by atoms with Crippen LogP contribution in [-0.2, 0) is 9.53 Å². The van der Waals surface area contributed by atoms with Crippen LogP contribution in [0.25, 0.3) is 0 Å². The Morgan fingerprint density at radius 3 is 2.62 bits per heavy atom. The van der Waals surface area contributed by atoms with Gasteiger partial charge in [-0.05, 0) is 17.1 Å². The fourth-order valence-corrected chi connectivity index (χ4v) is 1.47. The summed E-state index contributed by atoms with van der Waals surface area (Å²) in [6.07, 6.45) is 1.51. The van der Waals surface area contributed by atoms with E-state index in [1.165, 1.54) is 7.11 Å². The molecule has 0 aliphatic heterocycles. The molecule has 13 heavy (non-hydrogen) atoms. The van der Waals surface area contributed by atoms with Crippen LogP contribution in [0.5, 0.6) is 0 Å². The highest BCUT2D eigenvalue weighted by molar-refractivity contribution is 7.99. The minimum Gasteiger partial charge on any atom is -0.839 e. The van der Waals surface area contributed by atoms with Crippen LogP contribution in [0.15, 0.2) is 0 Å². The van der Waals surface area contributed by atoms with Crippen molar-refractivity contribution in [2.45, 2.75) is 18.3 Å². The van der Waals surface area contributed by atoms with Crippen molar-refractivity contribution in [3.63, 3.8) is 0 Å². The average Bonchev–Trinajstić information content (AvgIpc) is 2.16. The number of hydrogen-bond donors (Lipinski definition) is 0. The number of hydrogen-bond acceptors (Lipinski definition) is 4. The first-order valence-corrected chi connectivity index (χ1v) is 5.11. The predicted octanol–water partition coefficient (Wildman–Crippen LogP) is 0.575. The van der Waals surface area contributed by atoms with E-state index in [4.69, 9.17) is 0 Å². The Morgan fingerprint density at radius 1 is 1.77 bits per heavy atom. The SMILES string of the molecule is COC(=O)CC(C)C([O-])(CF)SC. The van der Waals surface area contributed by atoms with E-state index in [0.29, 0.717) is 0 Å². The summed E-state index contributed by atoms with van der Waals surface area (Å²) < 4.78 is 16.8. The Hall–Kier alpha value is -0.290. The molecule has 0 rings (SSSR count). The van der Waals surface area contributed by atoms with Gasteiger partial charge in [0.25, 0.3) is 0 Å². The van der Waals surface area contributed by atoms with Gasteiger partial charge in [-0.2, -0.15) is 11.8 Å². The summed E-state index contributed by atoms with van der Waals surface area (Å²) in [6.45, 7) is 0.576. The van der Waals surface area contributed by atoms with Crippen LogP contribution < -0.4 is 5.11 Å². The van der Waals surface area contributed by atoms with Crippen molar-refractivity contribution >= 4 is 17.7 Å². The Bertz CT molecular complexity index is 171. The van der Waals surface area contributed by atoms with E-state index in [9.17, 15) is 14.3 Å². The fraction of sp³-hybridized carbons (Fsp3) is 0.875. The van der Waals surface area contributed by atoms with Crippen LogP contribution in [0.3, 0.4) is 0 Å². The molecular weight excluding hydrogens is 195 g/mol. The normalized spacial score (nSPS) is 17.6. The zero-order valence-corrected chi connectivity index (χ0v) is 8.82. The summed E-state index contributed by atoms with van der Waals surface area (Å²) in [5.74, 6) is -1.05. The molecule has 0 aromatic carbocycles. The summed E-state index contributed by atoms with van der Waals surface area (Å²) in [6, 6.07) is 0. The van der Waals surface area contributed by atoms with Gasteiger partial charge in [0, 0.05) is 6.42 Å².